The molecule has 0 aliphatic heterocycles. The lowest BCUT2D eigenvalue weighted by atomic mass is 9.86. The standard InChI is InChI=1S/C11H22O/c1-5-7-8-10(9(3)4)11(12)6-2/h9-10H,5-8H2,1-4H3/t10-/m1/s1. The van der Waals surface area contributed by atoms with E-state index in [1.807, 2.05) is 6.92 Å². The second-order valence-corrected chi connectivity index (χ2v) is 3.81. The Morgan fingerprint density at radius 2 is 1.83 bits per heavy atom. The summed E-state index contributed by atoms with van der Waals surface area (Å²) in [6, 6.07) is 0. The molecule has 0 bridgehead atoms. The fourth-order valence-electron chi connectivity index (χ4n) is 1.55. The maximum Gasteiger partial charge on any atom is 0.135 e. The van der Waals surface area contributed by atoms with Crippen molar-refractivity contribution in [3.05, 3.63) is 0 Å². The second kappa shape index (κ2) is 6.22. The van der Waals surface area contributed by atoms with Crippen LogP contribution in [0.2, 0.25) is 0 Å². The van der Waals surface area contributed by atoms with Gasteiger partial charge in [-0.15, -0.1) is 0 Å². The lowest BCUT2D eigenvalue weighted by Gasteiger charge is -2.18. The van der Waals surface area contributed by atoms with Gasteiger partial charge in [0.05, 0.1) is 0 Å². The minimum Gasteiger partial charge on any atom is -0.299 e. The highest BCUT2D eigenvalue weighted by atomic mass is 16.1. The van der Waals surface area contributed by atoms with Gasteiger partial charge in [-0.1, -0.05) is 40.5 Å². The zero-order valence-electron chi connectivity index (χ0n) is 8.89. The molecule has 12 heavy (non-hydrogen) atoms. The zero-order valence-corrected chi connectivity index (χ0v) is 8.89. The van der Waals surface area contributed by atoms with E-state index in [-0.39, 0.29) is 0 Å². The Morgan fingerprint density at radius 3 is 2.17 bits per heavy atom. The smallest absolute Gasteiger partial charge is 0.135 e. The first-order chi connectivity index (χ1) is 5.63. The molecule has 0 spiro atoms. The summed E-state index contributed by atoms with van der Waals surface area (Å²) in [6.45, 7) is 8.43. The molecule has 72 valence electrons. The van der Waals surface area contributed by atoms with Gasteiger partial charge in [-0.3, -0.25) is 4.79 Å². The summed E-state index contributed by atoms with van der Waals surface area (Å²) in [6.07, 6.45) is 4.17. The van der Waals surface area contributed by atoms with Gasteiger partial charge in [-0.05, 0) is 12.3 Å². The van der Waals surface area contributed by atoms with Crippen LogP contribution in [0.1, 0.15) is 53.4 Å². The Morgan fingerprint density at radius 1 is 1.25 bits per heavy atom. The molecule has 0 aromatic heterocycles. The van der Waals surface area contributed by atoms with Crippen molar-refractivity contribution >= 4 is 5.78 Å². The molecule has 0 saturated carbocycles. The monoisotopic (exact) mass is 170 g/mol. The molecule has 0 radical (unpaired) electrons. The van der Waals surface area contributed by atoms with E-state index in [0.29, 0.717) is 24.0 Å². The van der Waals surface area contributed by atoms with Crippen LogP contribution in [-0.4, -0.2) is 5.78 Å². The van der Waals surface area contributed by atoms with E-state index in [1.54, 1.807) is 0 Å². The molecule has 0 rings (SSSR count). The molecule has 0 aromatic carbocycles. The summed E-state index contributed by atoms with van der Waals surface area (Å²) in [5.41, 5.74) is 0. The van der Waals surface area contributed by atoms with Crippen molar-refractivity contribution in [2.45, 2.75) is 53.4 Å². The van der Waals surface area contributed by atoms with Crippen LogP contribution in [-0.2, 0) is 4.79 Å². The van der Waals surface area contributed by atoms with Crippen molar-refractivity contribution in [3.63, 3.8) is 0 Å². The number of hydrogen-bond donors (Lipinski definition) is 0. The summed E-state index contributed by atoms with van der Waals surface area (Å²) >= 11 is 0. The highest BCUT2D eigenvalue weighted by molar-refractivity contribution is 5.80. The summed E-state index contributed by atoms with van der Waals surface area (Å²) in [5.74, 6) is 1.28. The summed E-state index contributed by atoms with van der Waals surface area (Å²) in [7, 11) is 0. The number of carbonyl (C=O) groups excluding carboxylic acids is 1. The third-order valence-electron chi connectivity index (χ3n) is 2.44. The lowest BCUT2D eigenvalue weighted by molar-refractivity contribution is -0.124. The minimum atomic E-state index is 0.315. The van der Waals surface area contributed by atoms with Crippen LogP contribution in [0, 0.1) is 11.8 Å². The molecule has 1 nitrogen and oxygen atoms in total. The Kier molecular flexibility index (Phi) is 6.04. The van der Waals surface area contributed by atoms with Crippen molar-refractivity contribution in [2.75, 3.05) is 0 Å². The number of Topliss-reactive ketones (excluding diaryl/α,β-unsaturated/α-hetero) is 1. The molecule has 0 heterocycles. The van der Waals surface area contributed by atoms with Crippen LogP contribution in [0.4, 0.5) is 0 Å². The van der Waals surface area contributed by atoms with Crippen LogP contribution in [0.5, 0.6) is 0 Å². The van der Waals surface area contributed by atoms with E-state index in [2.05, 4.69) is 20.8 Å². The summed E-state index contributed by atoms with van der Waals surface area (Å²) in [5, 5.41) is 0. The van der Waals surface area contributed by atoms with E-state index >= 15 is 0 Å². The van der Waals surface area contributed by atoms with Crippen molar-refractivity contribution in [3.8, 4) is 0 Å². The van der Waals surface area contributed by atoms with Crippen LogP contribution < -0.4 is 0 Å². The first-order valence-electron chi connectivity index (χ1n) is 5.16. The molecule has 0 N–H and O–H groups in total. The average Bonchev–Trinajstić information content (AvgIpc) is 2.04. The average molecular weight is 170 g/mol. The van der Waals surface area contributed by atoms with Gasteiger partial charge in [-0.2, -0.15) is 0 Å². The van der Waals surface area contributed by atoms with Gasteiger partial charge in [0.15, 0.2) is 0 Å². The molecule has 1 atom stereocenters. The molecular formula is C11H22O. The third kappa shape index (κ3) is 3.89. The van der Waals surface area contributed by atoms with E-state index in [9.17, 15) is 4.79 Å². The zero-order chi connectivity index (χ0) is 9.56. The summed E-state index contributed by atoms with van der Waals surface area (Å²) < 4.78 is 0. The fourth-order valence-corrected chi connectivity index (χ4v) is 1.55. The Bertz CT molecular complexity index is 127. The Hall–Kier alpha value is -0.330. The molecule has 0 fully saturated rings. The van der Waals surface area contributed by atoms with Gasteiger partial charge in [0.1, 0.15) is 5.78 Å². The molecule has 1 heteroatoms. The Balaban J connectivity index is 3.95. The molecule has 0 aliphatic rings. The Labute approximate surface area is 76.6 Å². The first kappa shape index (κ1) is 11.7. The van der Waals surface area contributed by atoms with E-state index < -0.39 is 0 Å². The van der Waals surface area contributed by atoms with Crippen LogP contribution in [0.3, 0.4) is 0 Å². The SMILES string of the molecule is CCCC[C@@H](C(=O)CC)C(C)C. The van der Waals surface area contributed by atoms with Gasteiger partial charge in [-0.25, -0.2) is 0 Å². The molecular weight excluding hydrogens is 148 g/mol. The first-order valence-corrected chi connectivity index (χ1v) is 5.16. The van der Waals surface area contributed by atoms with Crippen molar-refractivity contribution < 1.29 is 4.79 Å². The van der Waals surface area contributed by atoms with Gasteiger partial charge < -0.3 is 0 Å². The predicted octanol–water partition coefficient (Wildman–Crippen LogP) is 3.43. The third-order valence-corrected chi connectivity index (χ3v) is 2.44. The maximum atomic E-state index is 11.5. The number of hydrogen-bond acceptors (Lipinski definition) is 1. The number of ketones is 1. The largest absolute Gasteiger partial charge is 0.299 e. The van der Waals surface area contributed by atoms with Gasteiger partial charge in [0.2, 0.25) is 0 Å². The molecule has 0 aromatic rings. The van der Waals surface area contributed by atoms with Gasteiger partial charge >= 0.3 is 0 Å². The van der Waals surface area contributed by atoms with Crippen molar-refractivity contribution in [1.82, 2.24) is 0 Å². The van der Waals surface area contributed by atoms with E-state index in [1.165, 1.54) is 12.8 Å². The number of carbonyl (C=O) groups is 1. The molecule has 0 aliphatic carbocycles. The fraction of sp³-hybridized carbons (Fsp3) is 0.909. The summed E-state index contributed by atoms with van der Waals surface area (Å²) in [4.78, 5) is 11.5. The molecule has 0 unspecified atom stereocenters. The molecule has 0 amide bonds. The van der Waals surface area contributed by atoms with Crippen molar-refractivity contribution in [1.29, 1.82) is 0 Å². The molecule has 0 saturated heterocycles. The minimum absolute atomic E-state index is 0.315. The van der Waals surface area contributed by atoms with E-state index in [4.69, 9.17) is 0 Å². The van der Waals surface area contributed by atoms with Gasteiger partial charge in [0, 0.05) is 12.3 Å². The van der Waals surface area contributed by atoms with Crippen LogP contribution in [0.25, 0.3) is 0 Å². The highest BCUT2D eigenvalue weighted by Gasteiger charge is 2.19. The number of rotatable bonds is 6. The second-order valence-electron chi connectivity index (χ2n) is 3.81. The number of unbranched alkanes of at least 4 members (excludes halogenated alkanes) is 1. The van der Waals surface area contributed by atoms with E-state index in [0.717, 1.165) is 6.42 Å². The lowest BCUT2D eigenvalue weighted by Crippen LogP contribution is -2.19. The predicted molar refractivity (Wildman–Crippen MR) is 53.2 cm³/mol. The highest BCUT2D eigenvalue weighted by Crippen LogP contribution is 2.20. The van der Waals surface area contributed by atoms with Crippen molar-refractivity contribution in [2.24, 2.45) is 11.8 Å². The maximum absolute atomic E-state index is 11.5. The van der Waals surface area contributed by atoms with Gasteiger partial charge in [0.25, 0.3) is 0 Å². The topological polar surface area (TPSA) is 17.1 Å². The van der Waals surface area contributed by atoms with Crippen LogP contribution >= 0.6 is 0 Å². The quantitative estimate of drug-likeness (QED) is 0.597. The van der Waals surface area contributed by atoms with Crippen LogP contribution in [0.15, 0.2) is 0 Å². The normalized spacial score (nSPS) is 13.4.